The lowest BCUT2D eigenvalue weighted by Crippen LogP contribution is -2.24. The van der Waals surface area contributed by atoms with Crippen LogP contribution in [0.15, 0.2) is 30.7 Å². The van der Waals surface area contributed by atoms with Crippen LogP contribution in [-0.2, 0) is 0 Å². The molecule has 0 aliphatic carbocycles. The normalized spacial score (nSPS) is 11.9. The van der Waals surface area contributed by atoms with Gasteiger partial charge in [0.05, 0.1) is 5.52 Å². The summed E-state index contributed by atoms with van der Waals surface area (Å²) in [5, 5.41) is 0. The molecule has 0 aromatic carbocycles. The van der Waals surface area contributed by atoms with Crippen molar-refractivity contribution in [3.63, 3.8) is 0 Å². The maximum Gasteiger partial charge on any atom is 0.456 e. The third kappa shape index (κ3) is 1.58. The minimum Gasteiger partial charge on any atom is -0.320 e. The molecule has 0 amide bonds. The average molecular weight is 214 g/mol. The molecule has 0 aliphatic rings. The Morgan fingerprint density at radius 3 is 2.73 bits per heavy atom. The molecule has 78 valence electrons. The van der Waals surface area contributed by atoms with Crippen molar-refractivity contribution in [3.8, 4) is 0 Å². The lowest BCUT2D eigenvalue weighted by Gasteiger charge is -2.05. The van der Waals surface area contributed by atoms with E-state index >= 15 is 0 Å². The van der Waals surface area contributed by atoms with Gasteiger partial charge in [-0.05, 0) is 12.1 Å². The van der Waals surface area contributed by atoms with Gasteiger partial charge in [0.1, 0.15) is 5.69 Å². The van der Waals surface area contributed by atoms with Crippen molar-refractivity contribution in [2.24, 2.45) is 0 Å². The van der Waals surface area contributed by atoms with Crippen LogP contribution < -0.4 is 0 Å². The Kier molecular flexibility index (Phi) is 1.99. The fourth-order valence-corrected chi connectivity index (χ4v) is 1.28. The second kappa shape index (κ2) is 3.08. The fraction of sp³-hybridized carbons (Fsp3) is 0.111. The van der Waals surface area contributed by atoms with Gasteiger partial charge in [-0.3, -0.25) is 4.79 Å². The predicted octanol–water partition coefficient (Wildman–Crippen LogP) is 2.08. The van der Waals surface area contributed by atoms with Gasteiger partial charge in [0.2, 0.25) is 0 Å². The first-order chi connectivity index (χ1) is 7.00. The summed E-state index contributed by atoms with van der Waals surface area (Å²) in [5.41, 5.74) is -0.421. The number of carbonyl (C=O) groups excluding carboxylic acids is 1. The zero-order chi connectivity index (χ0) is 11.1. The van der Waals surface area contributed by atoms with E-state index in [-0.39, 0.29) is 5.52 Å². The highest BCUT2D eigenvalue weighted by atomic mass is 19.4. The molecular weight excluding hydrogens is 209 g/mol. The van der Waals surface area contributed by atoms with Gasteiger partial charge in [-0.15, -0.1) is 0 Å². The average Bonchev–Trinajstić information content (AvgIpc) is 2.62. The standard InChI is InChI=1S/C9H5F3N2O/c10-9(11,12)8(15)7-6-2-1-4-14(6)5-3-13-7/h1-5H. The van der Waals surface area contributed by atoms with Gasteiger partial charge >= 0.3 is 6.18 Å². The van der Waals surface area contributed by atoms with Gasteiger partial charge < -0.3 is 4.40 Å². The quantitative estimate of drug-likeness (QED) is 0.681. The highest BCUT2D eigenvalue weighted by molar-refractivity contribution is 6.03. The molecule has 0 fully saturated rings. The first kappa shape index (κ1) is 9.70. The molecule has 6 heteroatoms. The van der Waals surface area contributed by atoms with Crippen LogP contribution in [0.5, 0.6) is 0 Å². The van der Waals surface area contributed by atoms with E-state index in [0.717, 1.165) is 6.20 Å². The van der Waals surface area contributed by atoms with Gasteiger partial charge in [0.25, 0.3) is 5.78 Å². The molecule has 0 saturated carbocycles. The smallest absolute Gasteiger partial charge is 0.320 e. The van der Waals surface area contributed by atoms with Crippen LogP contribution in [0.2, 0.25) is 0 Å². The molecule has 0 radical (unpaired) electrons. The topological polar surface area (TPSA) is 34.4 Å². The molecule has 0 saturated heterocycles. The molecule has 0 atom stereocenters. The summed E-state index contributed by atoms with van der Waals surface area (Å²) in [6, 6.07) is 2.95. The Labute approximate surface area is 82.2 Å². The summed E-state index contributed by atoms with van der Waals surface area (Å²) >= 11 is 0. The minimum absolute atomic E-state index is 0.153. The molecule has 2 heterocycles. The van der Waals surface area contributed by atoms with Crippen molar-refractivity contribution in [2.45, 2.75) is 6.18 Å². The zero-order valence-electron chi connectivity index (χ0n) is 7.32. The molecular formula is C9H5F3N2O. The molecule has 0 aliphatic heterocycles. The van der Waals surface area contributed by atoms with Gasteiger partial charge in [0.15, 0.2) is 0 Å². The maximum absolute atomic E-state index is 12.2. The summed E-state index contributed by atoms with van der Waals surface area (Å²) in [5.74, 6) is -1.92. The van der Waals surface area contributed by atoms with Crippen molar-refractivity contribution in [1.82, 2.24) is 9.38 Å². The first-order valence-electron chi connectivity index (χ1n) is 4.03. The highest BCUT2D eigenvalue weighted by Crippen LogP contribution is 2.22. The van der Waals surface area contributed by atoms with Crippen molar-refractivity contribution >= 4 is 11.3 Å². The van der Waals surface area contributed by atoms with E-state index in [9.17, 15) is 18.0 Å². The van der Waals surface area contributed by atoms with Crippen molar-refractivity contribution in [3.05, 3.63) is 36.4 Å². The molecule has 2 aromatic rings. The van der Waals surface area contributed by atoms with Crippen LogP contribution in [0, 0.1) is 0 Å². The largest absolute Gasteiger partial charge is 0.456 e. The predicted molar refractivity (Wildman–Crippen MR) is 45.6 cm³/mol. The van der Waals surface area contributed by atoms with Crippen LogP contribution in [0.3, 0.4) is 0 Å². The number of carbonyl (C=O) groups is 1. The Hall–Kier alpha value is -1.85. The minimum atomic E-state index is -4.89. The van der Waals surface area contributed by atoms with Crippen molar-refractivity contribution < 1.29 is 18.0 Å². The monoisotopic (exact) mass is 214 g/mol. The molecule has 15 heavy (non-hydrogen) atoms. The first-order valence-corrected chi connectivity index (χ1v) is 4.03. The lowest BCUT2D eigenvalue weighted by molar-refractivity contribution is -0.0887. The molecule has 2 rings (SSSR count). The van der Waals surface area contributed by atoms with Gasteiger partial charge in [0, 0.05) is 18.6 Å². The van der Waals surface area contributed by atoms with E-state index < -0.39 is 17.7 Å². The summed E-state index contributed by atoms with van der Waals surface area (Å²) in [7, 11) is 0. The second-order valence-electron chi connectivity index (χ2n) is 2.90. The number of nitrogens with zero attached hydrogens (tertiary/aromatic N) is 2. The number of alkyl halides is 3. The Morgan fingerprint density at radius 1 is 1.33 bits per heavy atom. The SMILES string of the molecule is O=C(c1nccn2cccc12)C(F)(F)F. The number of hydrogen-bond donors (Lipinski definition) is 0. The van der Waals surface area contributed by atoms with Gasteiger partial charge in [-0.25, -0.2) is 4.98 Å². The summed E-state index contributed by atoms with van der Waals surface area (Å²) in [4.78, 5) is 14.4. The van der Waals surface area contributed by atoms with E-state index in [4.69, 9.17) is 0 Å². The number of Topliss-reactive ketones (excluding diaryl/α,β-unsaturated/α-hetero) is 1. The highest BCUT2D eigenvalue weighted by Gasteiger charge is 2.41. The van der Waals surface area contributed by atoms with Crippen molar-refractivity contribution in [1.29, 1.82) is 0 Å². The number of aromatic nitrogens is 2. The number of hydrogen-bond acceptors (Lipinski definition) is 2. The number of fused-ring (bicyclic) bond motifs is 1. The van der Waals surface area contributed by atoms with E-state index in [1.54, 1.807) is 12.3 Å². The molecule has 0 N–H and O–H groups in total. The molecule has 0 spiro atoms. The number of ketones is 1. The van der Waals surface area contributed by atoms with E-state index in [1.165, 1.54) is 16.7 Å². The van der Waals surface area contributed by atoms with Crippen LogP contribution in [0.25, 0.3) is 5.52 Å². The summed E-state index contributed by atoms with van der Waals surface area (Å²) in [6.45, 7) is 0. The van der Waals surface area contributed by atoms with Crippen LogP contribution in [0.4, 0.5) is 13.2 Å². The molecule has 0 bridgehead atoms. The van der Waals surface area contributed by atoms with Crippen LogP contribution >= 0.6 is 0 Å². The third-order valence-corrected chi connectivity index (χ3v) is 1.92. The Balaban J connectivity index is 2.62. The number of rotatable bonds is 1. The van der Waals surface area contributed by atoms with Gasteiger partial charge in [-0.2, -0.15) is 13.2 Å². The third-order valence-electron chi connectivity index (χ3n) is 1.92. The maximum atomic E-state index is 12.2. The Bertz CT molecular complexity index is 515. The van der Waals surface area contributed by atoms with Crippen LogP contribution in [-0.4, -0.2) is 21.3 Å². The zero-order valence-corrected chi connectivity index (χ0v) is 7.32. The Morgan fingerprint density at radius 2 is 2.07 bits per heavy atom. The number of halogens is 3. The molecule has 2 aromatic heterocycles. The van der Waals surface area contributed by atoms with E-state index in [2.05, 4.69) is 4.98 Å². The molecule has 0 unspecified atom stereocenters. The fourth-order valence-electron chi connectivity index (χ4n) is 1.28. The summed E-state index contributed by atoms with van der Waals surface area (Å²) in [6.07, 6.45) is -0.711. The van der Waals surface area contributed by atoms with Gasteiger partial charge in [-0.1, -0.05) is 0 Å². The molecule has 3 nitrogen and oxygen atoms in total. The van der Waals surface area contributed by atoms with Crippen LogP contribution in [0.1, 0.15) is 10.5 Å². The van der Waals surface area contributed by atoms with Crippen molar-refractivity contribution in [2.75, 3.05) is 0 Å². The second-order valence-corrected chi connectivity index (χ2v) is 2.90. The van der Waals surface area contributed by atoms with E-state index in [1.807, 2.05) is 0 Å². The van der Waals surface area contributed by atoms with E-state index in [0.29, 0.717) is 0 Å². The summed E-state index contributed by atoms with van der Waals surface area (Å²) < 4.78 is 37.9. The lowest BCUT2D eigenvalue weighted by atomic mass is 10.2.